The first-order chi connectivity index (χ1) is 13.8. The third kappa shape index (κ3) is 4.83. The lowest BCUT2D eigenvalue weighted by atomic mass is 10.0. The molecule has 2 aromatic rings. The van der Waals surface area contributed by atoms with Crippen LogP contribution in [0, 0.1) is 21.7 Å². The van der Waals surface area contributed by atoms with Crippen LogP contribution in [0.2, 0.25) is 0 Å². The van der Waals surface area contributed by atoms with Crippen molar-refractivity contribution in [1.29, 1.82) is 5.41 Å². The summed E-state index contributed by atoms with van der Waals surface area (Å²) in [7, 11) is 0. The van der Waals surface area contributed by atoms with Crippen LogP contribution < -0.4 is 0 Å². The number of hydrogen-bond donors (Lipinski definition) is 1. The third-order valence-electron chi connectivity index (χ3n) is 5.14. The molecule has 1 atom stereocenters. The lowest BCUT2D eigenvalue weighted by Crippen LogP contribution is -2.22. The van der Waals surface area contributed by atoms with Gasteiger partial charge < -0.3 is 10.3 Å². The number of benzene rings is 1. The molecule has 1 N–H and O–H groups in total. The van der Waals surface area contributed by atoms with E-state index in [1.54, 1.807) is 23.1 Å². The Labute approximate surface area is 183 Å². The first-order valence-electron chi connectivity index (χ1n) is 9.48. The van der Waals surface area contributed by atoms with Crippen molar-refractivity contribution < 1.29 is 9.18 Å². The number of carbonyl (C=O) groups is 1. The van der Waals surface area contributed by atoms with Gasteiger partial charge in [-0.25, -0.2) is 9.07 Å². The second kappa shape index (κ2) is 9.02. The Hall–Kier alpha value is -2.29. The standard InChI is InChI=1S/C22H24FIN4O/c1-14(8-10-28-16(3)19(13-26-28)21(25)11-15(2)29)27-9-4-5-22(27)18-12-17(24)6-7-20(18)23/h6-8,10,12-13,22,25H,1,4-5,9,11H2,2-3H3/b10-8-,25-21?/t22-/m1/s1. The normalized spacial score (nSPS) is 16.6. The minimum Gasteiger partial charge on any atom is -0.365 e. The molecule has 5 nitrogen and oxygen atoms in total. The van der Waals surface area contributed by atoms with E-state index in [1.807, 2.05) is 19.1 Å². The van der Waals surface area contributed by atoms with Crippen molar-refractivity contribution in [1.82, 2.24) is 14.7 Å². The molecule has 0 unspecified atom stereocenters. The number of nitrogens with zero attached hydrogens (tertiary/aromatic N) is 3. The minimum atomic E-state index is -0.185. The molecule has 1 aromatic heterocycles. The van der Waals surface area contributed by atoms with Gasteiger partial charge in [0.1, 0.15) is 11.6 Å². The van der Waals surface area contributed by atoms with Gasteiger partial charge in [0.15, 0.2) is 0 Å². The zero-order chi connectivity index (χ0) is 21.1. The average molecular weight is 506 g/mol. The van der Waals surface area contributed by atoms with Crippen molar-refractivity contribution in [2.45, 2.75) is 39.2 Å². The van der Waals surface area contributed by atoms with Crippen molar-refractivity contribution in [3.63, 3.8) is 0 Å². The summed E-state index contributed by atoms with van der Waals surface area (Å²) in [4.78, 5) is 13.4. The van der Waals surface area contributed by atoms with Gasteiger partial charge >= 0.3 is 0 Å². The Bertz CT molecular complexity index is 995. The number of halogens is 2. The molecule has 0 saturated carbocycles. The molecule has 3 rings (SSSR count). The van der Waals surface area contributed by atoms with Gasteiger partial charge in [-0.3, -0.25) is 4.79 Å². The molecule has 0 aliphatic carbocycles. The van der Waals surface area contributed by atoms with Crippen LogP contribution in [0.1, 0.15) is 49.0 Å². The zero-order valence-corrected chi connectivity index (χ0v) is 18.7. The Kier molecular flexibility index (Phi) is 6.66. The Balaban J connectivity index is 1.77. The first kappa shape index (κ1) is 21.4. The van der Waals surface area contributed by atoms with Crippen LogP contribution in [0.15, 0.2) is 42.7 Å². The van der Waals surface area contributed by atoms with Gasteiger partial charge in [0.05, 0.1) is 12.2 Å². The average Bonchev–Trinajstić information content (AvgIpc) is 3.28. The van der Waals surface area contributed by atoms with Gasteiger partial charge in [-0.15, -0.1) is 0 Å². The molecule has 1 fully saturated rings. The number of allylic oxidation sites excluding steroid dienone is 1. The molecule has 0 spiro atoms. The largest absolute Gasteiger partial charge is 0.365 e. The molecular weight excluding hydrogens is 482 g/mol. The summed E-state index contributed by atoms with van der Waals surface area (Å²) in [6.07, 6.45) is 7.23. The number of nitrogens with one attached hydrogen (secondary N) is 1. The van der Waals surface area contributed by atoms with Gasteiger partial charge in [-0.05, 0) is 73.6 Å². The topological polar surface area (TPSA) is 62.0 Å². The molecular formula is C22H24FIN4O. The van der Waals surface area contributed by atoms with E-state index in [1.165, 1.54) is 13.0 Å². The number of Topliss-reactive ketones (excluding diaryl/α,β-unsaturated/α-hetero) is 1. The van der Waals surface area contributed by atoms with Crippen LogP contribution in [0.4, 0.5) is 4.39 Å². The molecule has 0 bridgehead atoms. The van der Waals surface area contributed by atoms with Gasteiger partial charge in [0, 0.05) is 51.0 Å². The maximum Gasteiger partial charge on any atom is 0.135 e. The zero-order valence-electron chi connectivity index (χ0n) is 16.6. The quantitative estimate of drug-likeness (QED) is 0.323. The Morgan fingerprint density at radius 1 is 1.48 bits per heavy atom. The molecule has 7 heteroatoms. The molecule has 1 aliphatic heterocycles. The highest BCUT2D eigenvalue weighted by molar-refractivity contribution is 14.1. The van der Waals surface area contributed by atoms with Gasteiger partial charge in [0.2, 0.25) is 0 Å². The van der Waals surface area contributed by atoms with Crippen LogP contribution in [-0.4, -0.2) is 32.7 Å². The molecule has 1 saturated heterocycles. The summed E-state index contributed by atoms with van der Waals surface area (Å²) in [5, 5.41) is 12.4. The van der Waals surface area contributed by atoms with Gasteiger partial charge in [0.25, 0.3) is 0 Å². The Morgan fingerprint density at radius 2 is 2.24 bits per heavy atom. The maximum absolute atomic E-state index is 14.4. The van der Waals surface area contributed by atoms with Crippen LogP contribution in [0.25, 0.3) is 6.20 Å². The highest BCUT2D eigenvalue weighted by atomic mass is 127. The lowest BCUT2D eigenvalue weighted by molar-refractivity contribution is -0.115. The van der Waals surface area contributed by atoms with E-state index < -0.39 is 0 Å². The maximum atomic E-state index is 14.4. The second-order valence-corrected chi connectivity index (χ2v) is 8.52. The fourth-order valence-electron chi connectivity index (χ4n) is 3.67. The van der Waals surface area contributed by atoms with Crippen molar-refractivity contribution in [3.8, 4) is 0 Å². The fourth-order valence-corrected chi connectivity index (χ4v) is 4.19. The molecule has 152 valence electrons. The van der Waals surface area contributed by atoms with Gasteiger partial charge in [-0.2, -0.15) is 5.10 Å². The van der Waals surface area contributed by atoms with Crippen LogP contribution in [0.5, 0.6) is 0 Å². The lowest BCUT2D eigenvalue weighted by Gasteiger charge is -2.28. The van der Waals surface area contributed by atoms with E-state index in [2.05, 4.69) is 39.2 Å². The molecule has 0 radical (unpaired) electrons. The molecule has 1 aliphatic rings. The highest BCUT2D eigenvalue weighted by Crippen LogP contribution is 2.36. The summed E-state index contributed by atoms with van der Waals surface area (Å²) >= 11 is 2.20. The monoisotopic (exact) mass is 506 g/mol. The predicted molar refractivity (Wildman–Crippen MR) is 121 cm³/mol. The van der Waals surface area contributed by atoms with Crippen molar-refractivity contribution in [2.75, 3.05) is 6.54 Å². The van der Waals surface area contributed by atoms with E-state index >= 15 is 0 Å². The molecule has 29 heavy (non-hydrogen) atoms. The second-order valence-electron chi connectivity index (χ2n) is 7.27. The van der Waals surface area contributed by atoms with E-state index in [0.717, 1.165) is 34.3 Å². The molecule has 2 heterocycles. The summed E-state index contributed by atoms with van der Waals surface area (Å²) < 4.78 is 17.1. The van der Waals surface area contributed by atoms with Crippen molar-refractivity contribution in [3.05, 3.63) is 69.0 Å². The molecule has 1 aromatic carbocycles. The smallest absolute Gasteiger partial charge is 0.135 e. The van der Waals surface area contributed by atoms with Crippen LogP contribution >= 0.6 is 22.6 Å². The van der Waals surface area contributed by atoms with E-state index in [0.29, 0.717) is 11.1 Å². The predicted octanol–water partition coefficient (Wildman–Crippen LogP) is 5.10. The number of carbonyl (C=O) groups excluding carboxylic acids is 1. The Morgan fingerprint density at radius 3 is 2.97 bits per heavy atom. The minimum absolute atomic E-state index is 0.0279. The number of likely N-dealkylation sites (tertiary alicyclic amines) is 1. The van der Waals surface area contributed by atoms with E-state index in [4.69, 9.17) is 5.41 Å². The van der Waals surface area contributed by atoms with Crippen molar-refractivity contribution in [2.24, 2.45) is 0 Å². The molecule has 0 amide bonds. The van der Waals surface area contributed by atoms with Crippen LogP contribution in [0.3, 0.4) is 0 Å². The number of ketones is 1. The number of rotatable bonds is 7. The summed E-state index contributed by atoms with van der Waals surface area (Å²) in [5.41, 5.74) is 3.22. The van der Waals surface area contributed by atoms with Gasteiger partial charge in [-0.1, -0.05) is 6.58 Å². The van der Waals surface area contributed by atoms with E-state index in [-0.39, 0.29) is 29.8 Å². The first-order valence-corrected chi connectivity index (χ1v) is 10.6. The van der Waals surface area contributed by atoms with Crippen molar-refractivity contribution >= 4 is 40.3 Å². The van der Waals surface area contributed by atoms with Crippen LogP contribution in [-0.2, 0) is 4.79 Å². The third-order valence-corrected chi connectivity index (χ3v) is 5.81. The number of aromatic nitrogens is 2. The number of hydrogen-bond acceptors (Lipinski definition) is 4. The summed E-state index contributed by atoms with van der Waals surface area (Å²) in [6.45, 7) is 8.34. The highest BCUT2D eigenvalue weighted by Gasteiger charge is 2.28. The fraction of sp³-hybridized carbons (Fsp3) is 0.318. The summed E-state index contributed by atoms with van der Waals surface area (Å²) in [5.74, 6) is -0.232. The SMILES string of the molecule is C=C(/C=C\n1ncc(C(=N)CC(C)=O)c1C)N1CCC[C@@H]1c1cc(I)ccc1F. The summed E-state index contributed by atoms with van der Waals surface area (Å²) in [6, 6.07) is 5.17. The van der Waals surface area contributed by atoms with E-state index in [9.17, 15) is 9.18 Å².